The smallest absolute Gasteiger partial charge is 0.545 e. The van der Waals surface area contributed by atoms with E-state index < -0.39 is 40.6 Å². The van der Waals surface area contributed by atoms with Gasteiger partial charge in [0.15, 0.2) is 17.4 Å². The zero-order valence-electron chi connectivity index (χ0n) is 7.28. The van der Waals surface area contributed by atoms with Gasteiger partial charge in [0.05, 0.1) is 11.5 Å². The molecule has 0 fully saturated rings. The van der Waals surface area contributed by atoms with Gasteiger partial charge < -0.3 is 15.0 Å². The molecule has 0 amide bonds. The molecule has 1 aromatic rings. The number of benzene rings is 1. The van der Waals surface area contributed by atoms with Crippen LogP contribution in [0.5, 0.6) is 5.75 Å². The summed E-state index contributed by atoms with van der Waals surface area (Å²) in [7, 11) is 0. The maximum absolute atomic E-state index is 12.6. The Morgan fingerprint density at radius 1 is 1.00 bits per heavy atom. The van der Waals surface area contributed by atoms with E-state index in [-0.39, 0.29) is 29.6 Å². The fourth-order valence-electron chi connectivity index (χ4n) is 0.806. The second-order valence-corrected chi connectivity index (χ2v) is 2.27. The van der Waals surface area contributed by atoms with Gasteiger partial charge in [-0.05, 0) is 0 Å². The van der Waals surface area contributed by atoms with Crippen molar-refractivity contribution in [1.82, 2.24) is 0 Å². The van der Waals surface area contributed by atoms with E-state index >= 15 is 0 Å². The average molecular weight is 232 g/mol. The first-order valence-electron chi connectivity index (χ1n) is 3.14. The molecule has 76 valence electrons. The fraction of sp³-hybridized carbons (Fsp3) is 0. The van der Waals surface area contributed by atoms with Gasteiger partial charge in [0.1, 0.15) is 0 Å². The van der Waals surface area contributed by atoms with Crippen LogP contribution in [0.15, 0.2) is 0 Å². The Bertz CT molecular complexity index is 392. The number of carbonyl (C=O) groups is 1. The minimum Gasteiger partial charge on any atom is -0.545 e. The van der Waals surface area contributed by atoms with E-state index in [1.807, 2.05) is 0 Å². The molecule has 8 heteroatoms. The number of rotatable bonds is 1. The van der Waals surface area contributed by atoms with Crippen molar-refractivity contribution in [2.24, 2.45) is 0 Å². The molecule has 15 heavy (non-hydrogen) atoms. The molecule has 1 aromatic carbocycles. The van der Waals surface area contributed by atoms with E-state index in [1.165, 1.54) is 0 Å². The zero-order chi connectivity index (χ0) is 11.0. The SMILES string of the molecule is O=C([O-])c1c(O)c(F)c(F)c(F)c1F.[Na+]. The molecule has 0 saturated heterocycles. The number of phenols is 1. The maximum Gasteiger partial charge on any atom is 1.00 e. The maximum atomic E-state index is 12.6. The Labute approximate surface area is 103 Å². The van der Waals surface area contributed by atoms with Crippen LogP contribution in [-0.2, 0) is 0 Å². The van der Waals surface area contributed by atoms with E-state index in [0.717, 1.165) is 0 Å². The van der Waals surface area contributed by atoms with Crippen molar-refractivity contribution in [3.05, 3.63) is 28.8 Å². The Morgan fingerprint density at radius 2 is 1.40 bits per heavy atom. The van der Waals surface area contributed by atoms with Crippen molar-refractivity contribution in [2.45, 2.75) is 0 Å². The van der Waals surface area contributed by atoms with Crippen molar-refractivity contribution in [1.29, 1.82) is 0 Å². The molecule has 0 aliphatic rings. The third-order valence-corrected chi connectivity index (χ3v) is 1.45. The molecule has 0 saturated carbocycles. The molecule has 3 nitrogen and oxygen atoms in total. The van der Waals surface area contributed by atoms with Gasteiger partial charge in [-0.1, -0.05) is 0 Å². The molecule has 0 atom stereocenters. The zero-order valence-corrected chi connectivity index (χ0v) is 9.28. The summed E-state index contributed by atoms with van der Waals surface area (Å²) in [5, 5.41) is 18.7. The molecular formula is C7HF4NaO3. The Kier molecular flexibility index (Phi) is 4.57. The summed E-state index contributed by atoms with van der Waals surface area (Å²) >= 11 is 0. The van der Waals surface area contributed by atoms with Crippen LogP contribution < -0.4 is 34.7 Å². The quantitative estimate of drug-likeness (QED) is 0.248. The molecule has 0 radical (unpaired) electrons. The second-order valence-electron chi connectivity index (χ2n) is 2.27. The number of carboxylic acid groups (broad SMARTS) is 1. The van der Waals surface area contributed by atoms with Crippen LogP contribution in [0.25, 0.3) is 0 Å². The second kappa shape index (κ2) is 4.82. The molecule has 0 bridgehead atoms. The van der Waals surface area contributed by atoms with E-state index in [0.29, 0.717) is 0 Å². The molecular weight excluding hydrogens is 231 g/mol. The van der Waals surface area contributed by atoms with Crippen LogP contribution in [0.1, 0.15) is 10.4 Å². The van der Waals surface area contributed by atoms with Gasteiger partial charge >= 0.3 is 29.6 Å². The fourth-order valence-corrected chi connectivity index (χ4v) is 0.806. The van der Waals surface area contributed by atoms with E-state index in [2.05, 4.69) is 0 Å². The predicted molar refractivity (Wildman–Crippen MR) is 32.3 cm³/mol. The third kappa shape index (κ3) is 2.24. The molecule has 1 rings (SSSR count). The summed E-state index contributed by atoms with van der Waals surface area (Å²) in [6.07, 6.45) is 0. The van der Waals surface area contributed by atoms with Gasteiger partial charge in [-0.25, -0.2) is 13.2 Å². The van der Waals surface area contributed by atoms with Gasteiger partial charge in [0.25, 0.3) is 0 Å². The Balaban J connectivity index is 0.00000196. The minimum absolute atomic E-state index is 0. The number of halogens is 4. The summed E-state index contributed by atoms with van der Waals surface area (Å²) in [4.78, 5) is 10.1. The minimum atomic E-state index is -2.35. The number of carbonyl (C=O) groups excluding carboxylic acids is 1. The molecule has 0 aliphatic heterocycles. The topological polar surface area (TPSA) is 60.4 Å². The van der Waals surface area contributed by atoms with E-state index in [9.17, 15) is 27.5 Å². The molecule has 1 N–H and O–H groups in total. The summed E-state index contributed by atoms with van der Waals surface area (Å²) < 4.78 is 49.8. The van der Waals surface area contributed by atoms with Crippen LogP contribution in [0.4, 0.5) is 17.6 Å². The molecule has 0 heterocycles. The van der Waals surface area contributed by atoms with Crippen molar-refractivity contribution < 1.29 is 62.1 Å². The number of hydrogen-bond acceptors (Lipinski definition) is 3. The number of carboxylic acids is 1. The standard InChI is InChI=1S/C7H2F4O3.Na/c8-2-1(7(13)14)6(12)5(11)4(10)3(2)9;/h12H,(H,13,14);/q;+1/p-1. The first-order chi connectivity index (χ1) is 6.37. The molecule has 0 aliphatic carbocycles. The van der Waals surface area contributed by atoms with E-state index in [4.69, 9.17) is 5.11 Å². The number of hydrogen-bond donors (Lipinski definition) is 1. The Hall–Kier alpha value is -0.790. The largest absolute Gasteiger partial charge is 1.00 e. The van der Waals surface area contributed by atoms with Crippen LogP contribution in [0.3, 0.4) is 0 Å². The summed E-state index contributed by atoms with van der Waals surface area (Å²) in [6.45, 7) is 0. The van der Waals surface area contributed by atoms with Gasteiger partial charge in [0, 0.05) is 0 Å². The summed E-state index contributed by atoms with van der Waals surface area (Å²) in [5.74, 6) is -13.2. The number of aromatic carboxylic acids is 1. The van der Waals surface area contributed by atoms with Crippen molar-refractivity contribution in [3.63, 3.8) is 0 Å². The number of aromatic hydroxyl groups is 1. The molecule has 0 spiro atoms. The van der Waals surface area contributed by atoms with Crippen molar-refractivity contribution >= 4 is 5.97 Å². The predicted octanol–water partition coefficient (Wildman–Crippen LogP) is -2.68. The van der Waals surface area contributed by atoms with Gasteiger partial charge in [-0.2, -0.15) is 4.39 Å². The van der Waals surface area contributed by atoms with Gasteiger partial charge in [-0.3, -0.25) is 0 Å². The third-order valence-electron chi connectivity index (χ3n) is 1.45. The van der Waals surface area contributed by atoms with Crippen LogP contribution >= 0.6 is 0 Å². The van der Waals surface area contributed by atoms with E-state index in [1.54, 1.807) is 0 Å². The van der Waals surface area contributed by atoms with Gasteiger partial charge in [0.2, 0.25) is 11.6 Å². The Morgan fingerprint density at radius 3 is 1.80 bits per heavy atom. The van der Waals surface area contributed by atoms with Crippen molar-refractivity contribution in [2.75, 3.05) is 0 Å². The molecule has 0 unspecified atom stereocenters. The van der Waals surface area contributed by atoms with Gasteiger partial charge in [-0.15, -0.1) is 0 Å². The first-order valence-corrected chi connectivity index (χ1v) is 3.14. The van der Waals surface area contributed by atoms with Crippen LogP contribution in [0.2, 0.25) is 0 Å². The van der Waals surface area contributed by atoms with Crippen molar-refractivity contribution in [3.8, 4) is 5.75 Å². The molecule has 0 aromatic heterocycles. The monoisotopic (exact) mass is 232 g/mol. The summed E-state index contributed by atoms with van der Waals surface area (Å²) in [5.41, 5.74) is -1.75. The summed E-state index contributed by atoms with van der Waals surface area (Å²) in [6, 6.07) is 0. The average Bonchev–Trinajstić information content (AvgIpc) is 2.11. The first kappa shape index (κ1) is 14.2. The van der Waals surface area contributed by atoms with Crippen LogP contribution in [0, 0.1) is 23.3 Å². The normalized spacial score (nSPS) is 9.60. The van der Waals surface area contributed by atoms with Crippen LogP contribution in [-0.4, -0.2) is 11.1 Å².